The van der Waals surface area contributed by atoms with Gasteiger partial charge in [0.05, 0.1) is 0 Å². The quantitative estimate of drug-likeness (QED) is 0.859. The zero-order chi connectivity index (χ0) is 15.6. The van der Waals surface area contributed by atoms with E-state index in [1.54, 1.807) is 0 Å². The first kappa shape index (κ1) is 16.8. The van der Waals surface area contributed by atoms with E-state index in [9.17, 15) is 0 Å². The van der Waals surface area contributed by atoms with Crippen LogP contribution in [0.15, 0.2) is 22.7 Å². The number of hydrogen-bond acceptors (Lipinski definition) is 2. The van der Waals surface area contributed by atoms with Crippen LogP contribution in [0.3, 0.4) is 0 Å². The highest BCUT2D eigenvalue weighted by atomic mass is 79.9. The van der Waals surface area contributed by atoms with E-state index >= 15 is 0 Å². The van der Waals surface area contributed by atoms with Crippen molar-refractivity contribution in [3.8, 4) is 0 Å². The maximum Gasteiger partial charge on any atom is 0.0438 e. The molecular formula is C18H29BrN2. The number of aryl methyl sites for hydroxylation is 1. The fraction of sp³-hybridized carbons (Fsp3) is 0.667. The SMILES string of the molecule is CCc1cc(Br)ccc1N1CC(C(C)C)NCC1C(C)C. The predicted molar refractivity (Wildman–Crippen MR) is 96.1 cm³/mol. The number of nitrogens with zero attached hydrogens (tertiary/aromatic N) is 1. The van der Waals surface area contributed by atoms with Crippen LogP contribution in [0.25, 0.3) is 0 Å². The highest BCUT2D eigenvalue weighted by molar-refractivity contribution is 9.10. The summed E-state index contributed by atoms with van der Waals surface area (Å²) in [4.78, 5) is 2.65. The summed E-state index contributed by atoms with van der Waals surface area (Å²) in [6.07, 6.45) is 1.08. The molecule has 0 saturated carbocycles. The molecule has 1 heterocycles. The minimum atomic E-state index is 0.575. The molecule has 1 N–H and O–H groups in total. The summed E-state index contributed by atoms with van der Waals surface area (Å²) in [7, 11) is 0. The standard InChI is InChI=1S/C18H29BrN2/c1-6-14-9-15(19)7-8-17(14)21-11-16(12(2)3)20-10-18(21)13(4)5/h7-9,12-13,16,18,20H,6,10-11H2,1-5H3. The number of benzene rings is 1. The monoisotopic (exact) mass is 352 g/mol. The van der Waals surface area contributed by atoms with Crippen molar-refractivity contribution in [3.63, 3.8) is 0 Å². The number of nitrogens with one attached hydrogen (secondary N) is 1. The van der Waals surface area contributed by atoms with E-state index in [-0.39, 0.29) is 0 Å². The molecule has 3 heteroatoms. The first-order valence-electron chi connectivity index (χ1n) is 8.22. The van der Waals surface area contributed by atoms with Crippen LogP contribution < -0.4 is 10.2 Å². The highest BCUT2D eigenvalue weighted by Gasteiger charge is 2.32. The van der Waals surface area contributed by atoms with E-state index in [2.05, 4.69) is 79.0 Å². The van der Waals surface area contributed by atoms with Gasteiger partial charge in [-0.15, -0.1) is 0 Å². The molecular weight excluding hydrogens is 324 g/mol. The van der Waals surface area contributed by atoms with Crippen molar-refractivity contribution < 1.29 is 0 Å². The van der Waals surface area contributed by atoms with Crippen LogP contribution in [0.2, 0.25) is 0 Å². The molecule has 0 amide bonds. The molecule has 2 unspecified atom stereocenters. The Kier molecular flexibility index (Phi) is 5.73. The number of rotatable bonds is 4. The second kappa shape index (κ2) is 7.15. The average molecular weight is 353 g/mol. The van der Waals surface area contributed by atoms with Gasteiger partial charge in [0.15, 0.2) is 0 Å². The Bertz CT molecular complexity index is 470. The van der Waals surface area contributed by atoms with Gasteiger partial charge in [0.25, 0.3) is 0 Å². The van der Waals surface area contributed by atoms with E-state index in [0.717, 1.165) is 19.5 Å². The first-order chi connectivity index (χ1) is 9.93. The van der Waals surface area contributed by atoms with Gasteiger partial charge < -0.3 is 10.2 Å². The summed E-state index contributed by atoms with van der Waals surface area (Å²) in [5.41, 5.74) is 2.87. The Morgan fingerprint density at radius 1 is 1.24 bits per heavy atom. The molecule has 0 radical (unpaired) electrons. The third-order valence-electron chi connectivity index (χ3n) is 4.69. The molecule has 2 atom stereocenters. The van der Waals surface area contributed by atoms with Crippen LogP contribution in [0.1, 0.15) is 40.2 Å². The van der Waals surface area contributed by atoms with Crippen LogP contribution in [0.4, 0.5) is 5.69 Å². The van der Waals surface area contributed by atoms with Gasteiger partial charge in [0.2, 0.25) is 0 Å². The third-order valence-corrected chi connectivity index (χ3v) is 5.18. The van der Waals surface area contributed by atoms with Gasteiger partial charge in [-0.05, 0) is 42.0 Å². The van der Waals surface area contributed by atoms with Gasteiger partial charge in [0.1, 0.15) is 0 Å². The molecule has 21 heavy (non-hydrogen) atoms. The molecule has 0 aliphatic carbocycles. The summed E-state index contributed by atoms with van der Waals surface area (Å²) >= 11 is 3.61. The van der Waals surface area contributed by atoms with Crippen molar-refractivity contribution in [1.29, 1.82) is 0 Å². The molecule has 1 aliphatic heterocycles. The van der Waals surface area contributed by atoms with Gasteiger partial charge >= 0.3 is 0 Å². The van der Waals surface area contributed by atoms with E-state index < -0.39 is 0 Å². The predicted octanol–water partition coefficient (Wildman–Crippen LogP) is 4.47. The fourth-order valence-electron chi connectivity index (χ4n) is 3.23. The van der Waals surface area contributed by atoms with Crippen LogP contribution in [0.5, 0.6) is 0 Å². The largest absolute Gasteiger partial charge is 0.365 e. The lowest BCUT2D eigenvalue weighted by atomic mass is 9.92. The van der Waals surface area contributed by atoms with Crippen LogP contribution in [-0.2, 0) is 6.42 Å². The average Bonchev–Trinajstić information content (AvgIpc) is 2.46. The van der Waals surface area contributed by atoms with Crippen molar-refractivity contribution in [2.45, 2.75) is 53.1 Å². The second-order valence-corrected chi connectivity index (χ2v) is 7.76. The maximum atomic E-state index is 3.75. The molecule has 0 spiro atoms. The van der Waals surface area contributed by atoms with Crippen molar-refractivity contribution in [1.82, 2.24) is 5.32 Å². The molecule has 0 bridgehead atoms. The minimum Gasteiger partial charge on any atom is -0.365 e. The summed E-state index contributed by atoms with van der Waals surface area (Å²) in [5.74, 6) is 1.32. The molecule has 2 rings (SSSR count). The van der Waals surface area contributed by atoms with Crippen molar-refractivity contribution in [2.75, 3.05) is 18.0 Å². The number of hydrogen-bond donors (Lipinski definition) is 1. The Balaban J connectivity index is 2.35. The fourth-order valence-corrected chi connectivity index (χ4v) is 3.64. The number of halogens is 1. The summed E-state index contributed by atoms with van der Waals surface area (Å²) in [6, 6.07) is 7.90. The van der Waals surface area contributed by atoms with E-state index in [4.69, 9.17) is 0 Å². The Labute approximate surface area is 138 Å². The minimum absolute atomic E-state index is 0.575. The lowest BCUT2D eigenvalue weighted by molar-refractivity contribution is 0.295. The maximum absolute atomic E-state index is 3.75. The molecule has 0 aromatic heterocycles. The van der Waals surface area contributed by atoms with Crippen LogP contribution in [0, 0.1) is 11.8 Å². The lowest BCUT2D eigenvalue weighted by Gasteiger charge is -2.45. The van der Waals surface area contributed by atoms with Crippen molar-refractivity contribution in [2.24, 2.45) is 11.8 Å². The number of anilines is 1. The van der Waals surface area contributed by atoms with E-state index in [0.29, 0.717) is 23.9 Å². The van der Waals surface area contributed by atoms with Gasteiger partial charge in [-0.25, -0.2) is 0 Å². The van der Waals surface area contributed by atoms with Gasteiger partial charge in [-0.3, -0.25) is 0 Å². The second-order valence-electron chi connectivity index (χ2n) is 6.85. The smallest absolute Gasteiger partial charge is 0.0438 e. The highest BCUT2D eigenvalue weighted by Crippen LogP contribution is 2.30. The summed E-state index contributed by atoms with van der Waals surface area (Å²) in [6.45, 7) is 13.7. The van der Waals surface area contributed by atoms with Gasteiger partial charge in [0, 0.05) is 35.3 Å². The molecule has 118 valence electrons. The van der Waals surface area contributed by atoms with Crippen molar-refractivity contribution >= 4 is 21.6 Å². The third kappa shape index (κ3) is 3.81. The molecule has 1 saturated heterocycles. The van der Waals surface area contributed by atoms with Crippen LogP contribution >= 0.6 is 15.9 Å². The first-order valence-corrected chi connectivity index (χ1v) is 9.01. The molecule has 1 fully saturated rings. The Morgan fingerprint density at radius 2 is 1.95 bits per heavy atom. The lowest BCUT2D eigenvalue weighted by Crippen LogP contribution is -2.60. The van der Waals surface area contributed by atoms with E-state index in [1.165, 1.54) is 15.7 Å². The van der Waals surface area contributed by atoms with Crippen molar-refractivity contribution in [3.05, 3.63) is 28.2 Å². The number of piperazine rings is 1. The Hall–Kier alpha value is -0.540. The van der Waals surface area contributed by atoms with Gasteiger partial charge in [-0.2, -0.15) is 0 Å². The van der Waals surface area contributed by atoms with Gasteiger partial charge in [-0.1, -0.05) is 50.5 Å². The zero-order valence-electron chi connectivity index (χ0n) is 14.0. The summed E-state index contributed by atoms with van der Waals surface area (Å²) in [5, 5.41) is 3.75. The topological polar surface area (TPSA) is 15.3 Å². The summed E-state index contributed by atoms with van der Waals surface area (Å²) < 4.78 is 1.18. The molecule has 1 aromatic carbocycles. The molecule has 1 aliphatic rings. The van der Waals surface area contributed by atoms with E-state index in [1.807, 2.05) is 0 Å². The zero-order valence-corrected chi connectivity index (χ0v) is 15.6. The van der Waals surface area contributed by atoms with Crippen LogP contribution in [-0.4, -0.2) is 25.2 Å². The molecule has 1 aromatic rings. The Morgan fingerprint density at radius 3 is 2.52 bits per heavy atom. The molecule has 2 nitrogen and oxygen atoms in total. The normalized spacial score (nSPS) is 23.1.